The fourth-order valence-electron chi connectivity index (χ4n) is 2.48. The van der Waals surface area contributed by atoms with Gasteiger partial charge in [0.05, 0.1) is 0 Å². The minimum atomic E-state index is -5.75. The SMILES string of the molecule is Cc1cc(C(N)=O)cc(C)c1O.Cc1cc(C(N)=O)cc(C)c1OS(=O)(=O)C(F)(F)F. The summed E-state index contributed by atoms with van der Waals surface area (Å²) >= 11 is 0. The number of aryl methyl sites for hydroxylation is 4. The number of phenols is 1. The second-order valence-corrected chi connectivity index (χ2v) is 8.15. The molecule has 2 aromatic carbocycles. The van der Waals surface area contributed by atoms with Crippen LogP contribution in [0.15, 0.2) is 24.3 Å². The van der Waals surface area contributed by atoms with E-state index in [0.29, 0.717) is 16.7 Å². The summed E-state index contributed by atoms with van der Waals surface area (Å²) in [6.07, 6.45) is 0. The predicted octanol–water partition coefficient (Wildman–Crippen LogP) is 2.74. The van der Waals surface area contributed by atoms with Crippen molar-refractivity contribution in [1.29, 1.82) is 0 Å². The monoisotopic (exact) mass is 462 g/mol. The Kier molecular flexibility index (Phi) is 7.68. The summed E-state index contributed by atoms with van der Waals surface area (Å²) in [5.74, 6) is -1.50. The zero-order valence-corrected chi connectivity index (χ0v) is 17.8. The zero-order chi connectivity index (χ0) is 24.3. The molecule has 5 N–H and O–H groups in total. The second-order valence-electron chi connectivity index (χ2n) is 6.61. The topological polar surface area (TPSA) is 150 Å². The Bertz CT molecular complexity index is 1080. The fourth-order valence-corrected chi connectivity index (χ4v) is 3.06. The van der Waals surface area contributed by atoms with E-state index in [9.17, 15) is 36.3 Å². The Morgan fingerprint density at radius 1 is 0.839 bits per heavy atom. The van der Waals surface area contributed by atoms with Crippen LogP contribution in [-0.4, -0.2) is 30.8 Å². The summed E-state index contributed by atoms with van der Waals surface area (Å²) in [7, 11) is -5.75. The Hall–Kier alpha value is -3.28. The van der Waals surface area contributed by atoms with Gasteiger partial charge in [-0.1, -0.05) is 0 Å². The molecular formula is C19H21F3N2O6S. The van der Waals surface area contributed by atoms with Crippen LogP contribution < -0.4 is 15.7 Å². The van der Waals surface area contributed by atoms with Gasteiger partial charge >= 0.3 is 15.6 Å². The summed E-state index contributed by atoms with van der Waals surface area (Å²) in [5, 5.41) is 9.36. The number of phenolic OH excluding ortho intramolecular Hbond substituents is 1. The summed E-state index contributed by atoms with van der Waals surface area (Å²) < 4.78 is 62.5. The lowest BCUT2D eigenvalue weighted by Gasteiger charge is -2.14. The average molecular weight is 462 g/mol. The number of halogens is 3. The lowest BCUT2D eigenvalue weighted by Crippen LogP contribution is -2.28. The number of hydrogen-bond donors (Lipinski definition) is 3. The highest BCUT2D eigenvalue weighted by atomic mass is 32.2. The van der Waals surface area contributed by atoms with Gasteiger partial charge in [0, 0.05) is 11.1 Å². The normalized spacial score (nSPS) is 11.3. The number of hydrogen-bond acceptors (Lipinski definition) is 6. The molecule has 0 atom stereocenters. The Morgan fingerprint density at radius 3 is 1.45 bits per heavy atom. The molecule has 0 saturated carbocycles. The maximum absolute atomic E-state index is 12.2. The van der Waals surface area contributed by atoms with E-state index in [1.165, 1.54) is 13.8 Å². The molecule has 8 nitrogen and oxygen atoms in total. The first-order valence-electron chi connectivity index (χ1n) is 8.49. The molecule has 0 aliphatic carbocycles. The number of primary amides is 2. The third-order valence-electron chi connectivity index (χ3n) is 4.00. The van der Waals surface area contributed by atoms with E-state index in [-0.39, 0.29) is 22.4 Å². The van der Waals surface area contributed by atoms with Gasteiger partial charge in [0.2, 0.25) is 11.8 Å². The van der Waals surface area contributed by atoms with E-state index < -0.39 is 33.2 Å². The number of alkyl halides is 3. The van der Waals surface area contributed by atoms with Gasteiger partial charge in [-0.05, 0) is 74.2 Å². The molecule has 0 bridgehead atoms. The average Bonchev–Trinajstić information content (AvgIpc) is 2.61. The summed E-state index contributed by atoms with van der Waals surface area (Å²) in [5.41, 5.74) is 6.52. The summed E-state index contributed by atoms with van der Waals surface area (Å²) in [6, 6.07) is 5.45. The highest BCUT2D eigenvalue weighted by Crippen LogP contribution is 2.31. The summed E-state index contributed by atoms with van der Waals surface area (Å²) in [6.45, 7) is 6.07. The van der Waals surface area contributed by atoms with Gasteiger partial charge in [0.15, 0.2) is 0 Å². The molecule has 31 heavy (non-hydrogen) atoms. The molecule has 12 heteroatoms. The second kappa shape index (κ2) is 9.25. The van der Waals surface area contributed by atoms with Gasteiger partial charge in [-0.15, -0.1) is 0 Å². The Labute approximate surface area is 176 Å². The molecule has 0 aromatic heterocycles. The molecular weight excluding hydrogens is 441 g/mol. The largest absolute Gasteiger partial charge is 0.534 e. The van der Waals surface area contributed by atoms with Crippen molar-refractivity contribution in [3.8, 4) is 11.5 Å². The Balaban J connectivity index is 0.000000343. The summed E-state index contributed by atoms with van der Waals surface area (Å²) in [4.78, 5) is 21.7. The van der Waals surface area contributed by atoms with Crippen LogP contribution in [0.2, 0.25) is 0 Å². The number of carbonyl (C=O) groups is 2. The maximum Gasteiger partial charge on any atom is 0.534 e. The van der Waals surface area contributed by atoms with Crippen LogP contribution in [0.3, 0.4) is 0 Å². The fraction of sp³-hybridized carbons (Fsp3) is 0.263. The van der Waals surface area contributed by atoms with Crippen molar-refractivity contribution in [2.24, 2.45) is 11.5 Å². The molecule has 2 aromatic rings. The smallest absolute Gasteiger partial charge is 0.507 e. The standard InChI is InChI=1S/C10H10F3NO4S.C9H11NO2/c1-5-3-7(9(14)15)4-6(2)8(5)18-19(16,17)10(11,12)13;1-5-3-7(9(10)12)4-6(2)8(5)11/h3-4H,1-2H3,(H2,14,15);3-4,11H,1-2H3,(H2,10,12). The van der Waals surface area contributed by atoms with Crippen molar-refractivity contribution in [3.63, 3.8) is 0 Å². The van der Waals surface area contributed by atoms with Crippen molar-refractivity contribution in [2.75, 3.05) is 0 Å². The molecule has 0 spiro atoms. The van der Waals surface area contributed by atoms with Crippen molar-refractivity contribution in [3.05, 3.63) is 57.6 Å². The predicted molar refractivity (Wildman–Crippen MR) is 106 cm³/mol. The number of rotatable bonds is 4. The molecule has 2 rings (SSSR count). The van der Waals surface area contributed by atoms with E-state index in [1.807, 2.05) is 0 Å². The van der Waals surface area contributed by atoms with Crippen LogP contribution in [-0.2, 0) is 10.1 Å². The molecule has 0 fully saturated rings. The molecule has 0 radical (unpaired) electrons. The van der Waals surface area contributed by atoms with Gasteiger partial charge in [-0.3, -0.25) is 9.59 Å². The first-order valence-corrected chi connectivity index (χ1v) is 9.90. The first-order chi connectivity index (χ1) is 14.0. The van der Waals surface area contributed by atoms with Crippen molar-refractivity contribution in [1.82, 2.24) is 0 Å². The van der Waals surface area contributed by atoms with E-state index in [4.69, 9.17) is 11.5 Å². The molecule has 2 amide bonds. The minimum Gasteiger partial charge on any atom is -0.507 e. The van der Waals surface area contributed by atoms with Gasteiger partial charge in [-0.2, -0.15) is 21.6 Å². The van der Waals surface area contributed by atoms with Crippen molar-refractivity contribution < 1.29 is 40.5 Å². The van der Waals surface area contributed by atoms with Gasteiger partial charge in [-0.25, -0.2) is 0 Å². The Morgan fingerprint density at radius 2 is 1.16 bits per heavy atom. The molecule has 170 valence electrons. The number of benzene rings is 2. The van der Waals surface area contributed by atoms with Crippen LogP contribution in [0.25, 0.3) is 0 Å². The van der Waals surface area contributed by atoms with Crippen molar-refractivity contribution >= 4 is 21.9 Å². The molecule has 0 heterocycles. The highest BCUT2D eigenvalue weighted by Gasteiger charge is 2.48. The van der Waals surface area contributed by atoms with Crippen molar-refractivity contribution in [2.45, 2.75) is 33.2 Å². The lowest BCUT2D eigenvalue weighted by atomic mass is 10.1. The lowest BCUT2D eigenvalue weighted by molar-refractivity contribution is -0.0500. The van der Waals surface area contributed by atoms with E-state index in [1.54, 1.807) is 26.0 Å². The molecule has 0 unspecified atom stereocenters. The third kappa shape index (κ3) is 6.35. The van der Waals surface area contributed by atoms with Gasteiger partial charge in [0.1, 0.15) is 11.5 Å². The number of carbonyl (C=O) groups excluding carboxylic acids is 2. The van der Waals surface area contributed by atoms with Crippen LogP contribution >= 0.6 is 0 Å². The van der Waals surface area contributed by atoms with Gasteiger partial charge < -0.3 is 20.8 Å². The number of aromatic hydroxyl groups is 1. The molecule has 0 aliphatic heterocycles. The van der Waals surface area contributed by atoms with E-state index in [2.05, 4.69) is 4.18 Å². The number of nitrogens with two attached hydrogens (primary N) is 2. The van der Waals surface area contributed by atoms with E-state index >= 15 is 0 Å². The quantitative estimate of drug-likeness (QED) is 0.470. The third-order valence-corrected chi connectivity index (χ3v) is 4.95. The first kappa shape index (κ1) is 25.8. The highest BCUT2D eigenvalue weighted by molar-refractivity contribution is 7.88. The van der Waals surface area contributed by atoms with Crippen LogP contribution in [0.4, 0.5) is 13.2 Å². The molecule has 0 aliphatic rings. The van der Waals surface area contributed by atoms with Gasteiger partial charge in [0.25, 0.3) is 0 Å². The van der Waals surface area contributed by atoms with Crippen LogP contribution in [0, 0.1) is 27.7 Å². The maximum atomic E-state index is 12.2. The van der Waals surface area contributed by atoms with Crippen LogP contribution in [0.1, 0.15) is 43.0 Å². The van der Waals surface area contributed by atoms with E-state index in [0.717, 1.165) is 12.1 Å². The minimum absolute atomic E-state index is 0.0479. The molecule has 0 saturated heterocycles. The zero-order valence-electron chi connectivity index (χ0n) is 17.0. The number of amides is 2. The van der Waals surface area contributed by atoms with Crippen LogP contribution in [0.5, 0.6) is 11.5 Å².